The molecule has 1 heterocycles. The molecule has 1 aromatic heterocycles. The Morgan fingerprint density at radius 2 is 1.96 bits per heavy atom. The van der Waals surface area contributed by atoms with Gasteiger partial charge in [-0.05, 0) is 49.3 Å². The number of thioether (sulfide) groups is 1. The maximum Gasteiger partial charge on any atom is 0.306 e. The Morgan fingerprint density at radius 1 is 1.21 bits per heavy atom. The van der Waals surface area contributed by atoms with Crippen LogP contribution in [0.3, 0.4) is 0 Å². The molecule has 2 rings (SSSR count). The van der Waals surface area contributed by atoms with Crippen LogP contribution in [0.5, 0.6) is 5.75 Å². The van der Waals surface area contributed by atoms with Crippen molar-refractivity contribution in [3.63, 3.8) is 0 Å². The van der Waals surface area contributed by atoms with E-state index < -0.39 is 23.4 Å². The number of aromatic nitrogens is 1. The predicted octanol–water partition coefficient (Wildman–Crippen LogP) is 5.33. The number of rotatable bonds is 11. The van der Waals surface area contributed by atoms with Gasteiger partial charge in [0.1, 0.15) is 11.6 Å². The lowest BCUT2D eigenvalue weighted by Gasteiger charge is -2.12. The number of pyridine rings is 1. The SMILES string of the molecule is CCCCSc1ncccc1COc1c(F)cc(CCC(=O)OCC)cc1F. The minimum atomic E-state index is -0.789. The van der Waals surface area contributed by atoms with Crippen LogP contribution in [0.1, 0.15) is 44.2 Å². The Kier molecular flexibility index (Phi) is 9.20. The molecule has 0 spiro atoms. The molecule has 2 aromatic rings. The van der Waals surface area contributed by atoms with Gasteiger partial charge in [0.05, 0.1) is 6.61 Å². The highest BCUT2D eigenvalue weighted by molar-refractivity contribution is 7.99. The summed E-state index contributed by atoms with van der Waals surface area (Å²) in [5.41, 5.74) is 1.17. The van der Waals surface area contributed by atoms with Crippen LogP contribution in [0.15, 0.2) is 35.5 Å². The Balaban J connectivity index is 2.02. The predicted molar refractivity (Wildman–Crippen MR) is 106 cm³/mol. The molecule has 0 saturated heterocycles. The number of carbonyl (C=O) groups excluding carboxylic acids is 1. The maximum atomic E-state index is 14.3. The van der Waals surface area contributed by atoms with Gasteiger partial charge < -0.3 is 9.47 Å². The molecule has 0 atom stereocenters. The molecule has 0 saturated carbocycles. The normalized spacial score (nSPS) is 10.7. The third-order valence-corrected chi connectivity index (χ3v) is 5.07. The lowest BCUT2D eigenvalue weighted by molar-refractivity contribution is -0.143. The summed E-state index contributed by atoms with van der Waals surface area (Å²) in [5.74, 6) is -1.47. The molecule has 28 heavy (non-hydrogen) atoms. The van der Waals surface area contributed by atoms with Gasteiger partial charge in [-0.2, -0.15) is 0 Å². The van der Waals surface area contributed by atoms with E-state index in [4.69, 9.17) is 9.47 Å². The van der Waals surface area contributed by atoms with E-state index in [0.29, 0.717) is 5.56 Å². The molecule has 0 radical (unpaired) electrons. The van der Waals surface area contributed by atoms with Crippen LogP contribution in [0, 0.1) is 11.6 Å². The number of ether oxygens (including phenoxy) is 2. The van der Waals surface area contributed by atoms with Gasteiger partial charge in [-0.3, -0.25) is 4.79 Å². The fourth-order valence-corrected chi connectivity index (χ4v) is 3.58. The van der Waals surface area contributed by atoms with E-state index in [1.807, 2.05) is 6.07 Å². The largest absolute Gasteiger partial charge is 0.483 e. The summed E-state index contributed by atoms with van der Waals surface area (Å²) in [6.45, 7) is 4.13. The summed E-state index contributed by atoms with van der Waals surface area (Å²) in [4.78, 5) is 15.7. The van der Waals surface area contributed by atoms with Crippen LogP contribution in [0.25, 0.3) is 0 Å². The van der Waals surface area contributed by atoms with Crippen molar-refractivity contribution >= 4 is 17.7 Å². The number of unbranched alkanes of at least 4 members (excludes halogenated alkanes) is 1. The average molecular weight is 409 g/mol. The van der Waals surface area contributed by atoms with Crippen molar-refractivity contribution in [1.29, 1.82) is 0 Å². The van der Waals surface area contributed by atoms with Gasteiger partial charge in [-0.25, -0.2) is 13.8 Å². The van der Waals surface area contributed by atoms with Gasteiger partial charge in [0.15, 0.2) is 17.4 Å². The molecule has 4 nitrogen and oxygen atoms in total. The van der Waals surface area contributed by atoms with Crippen LogP contribution in [-0.2, 0) is 22.6 Å². The summed E-state index contributed by atoms with van der Waals surface area (Å²) in [6.07, 6.45) is 4.12. The second-order valence-electron chi connectivity index (χ2n) is 6.15. The molecule has 0 bridgehead atoms. The van der Waals surface area contributed by atoms with Crippen LogP contribution in [0.4, 0.5) is 8.78 Å². The number of carbonyl (C=O) groups is 1. The van der Waals surface area contributed by atoms with Crippen molar-refractivity contribution in [2.45, 2.75) is 51.2 Å². The zero-order valence-electron chi connectivity index (χ0n) is 16.2. The van der Waals surface area contributed by atoms with Gasteiger partial charge in [-0.1, -0.05) is 19.4 Å². The minimum Gasteiger partial charge on any atom is -0.483 e. The highest BCUT2D eigenvalue weighted by atomic mass is 32.2. The molecule has 7 heteroatoms. The molecule has 0 aliphatic carbocycles. The smallest absolute Gasteiger partial charge is 0.306 e. The molecule has 0 unspecified atom stereocenters. The molecular weight excluding hydrogens is 384 g/mol. The number of hydrogen-bond donors (Lipinski definition) is 0. The highest BCUT2D eigenvalue weighted by Crippen LogP contribution is 2.27. The monoisotopic (exact) mass is 409 g/mol. The topological polar surface area (TPSA) is 48.4 Å². The standard InChI is InChI=1S/C21H25F2NO3S/c1-3-5-11-28-21-16(7-6-10-24-21)14-27-20-17(22)12-15(13-18(20)23)8-9-19(25)26-4-2/h6-7,10,12-13H,3-5,8-9,11,14H2,1-2H3. The fraction of sp³-hybridized carbons (Fsp3) is 0.429. The Labute approximate surface area is 168 Å². The van der Waals surface area contributed by atoms with Crippen molar-refractivity contribution < 1.29 is 23.0 Å². The van der Waals surface area contributed by atoms with Gasteiger partial charge >= 0.3 is 5.97 Å². The Hall–Kier alpha value is -2.15. The van der Waals surface area contributed by atoms with Gasteiger partial charge in [0, 0.05) is 18.2 Å². The third kappa shape index (κ3) is 6.78. The highest BCUT2D eigenvalue weighted by Gasteiger charge is 2.15. The van der Waals surface area contributed by atoms with Gasteiger partial charge in [-0.15, -0.1) is 11.8 Å². The number of halogens is 2. The first-order valence-electron chi connectivity index (χ1n) is 9.38. The number of aryl methyl sites for hydroxylation is 1. The quantitative estimate of drug-likeness (QED) is 0.285. The zero-order valence-corrected chi connectivity index (χ0v) is 17.0. The molecule has 0 aliphatic heterocycles. The van der Waals surface area contributed by atoms with E-state index in [2.05, 4.69) is 11.9 Å². The summed E-state index contributed by atoms with van der Waals surface area (Å²) in [6, 6.07) is 5.99. The molecule has 0 amide bonds. The minimum absolute atomic E-state index is 0.0261. The number of esters is 1. The van der Waals surface area contributed by atoms with Crippen molar-refractivity contribution in [1.82, 2.24) is 4.98 Å². The average Bonchev–Trinajstić information content (AvgIpc) is 2.67. The zero-order chi connectivity index (χ0) is 20.4. The fourth-order valence-electron chi connectivity index (χ4n) is 2.50. The first kappa shape index (κ1) is 22.1. The van der Waals surface area contributed by atoms with Crippen LogP contribution < -0.4 is 4.74 Å². The third-order valence-electron chi connectivity index (χ3n) is 3.94. The number of benzene rings is 1. The van der Waals surface area contributed by atoms with E-state index in [1.54, 1.807) is 30.9 Å². The van der Waals surface area contributed by atoms with E-state index in [1.165, 1.54) is 12.1 Å². The maximum absolute atomic E-state index is 14.3. The molecule has 0 fully saturated rings. The van der Waals surface area contributed by atoms with Crippen LogP contribution >= 0.6 is 11.8 Å². The van der Waals surface area contributed by atoms with Crippen LogP contribution in [0.2, 0.25) is 0 Å². The first-order chi connectivity index (χ1) is 13.5. The van der Waals surface area contributed by atoms with E-state index in [0.717, 1.165) is 29.2 Å². The van der Waals surface area contributed by atoms with Crippen LogP contribution in [-0.4, -0.2) is 23.3 Å². The van der Waals surface area contributed by atoms with E-state index >= 15 is 0 Å². The van der Waals surface area contributed by atoms with Crippen molar-refractivity contribution in [2.75, 3.05) is 12.4 Å². The number of nitrogens with zero attached hydrogens (tertiary/aromatic N) is 1. The van der Waals surface area contributed by atoms with E-state index in [9.17, 15) is 13.6 Å². The van der Waals surface area contributed by atoms with Crippen molar-refractivity contribution in [3.8, 4) is 5.75 Å². The molecule has 1 aromatic carbocycles. The Morgan fingerprint density at radius 3 is 2.64 bits per heavy atom. The summed E-state index contributed by atoms with van der Waals surface area (Å²) in [7, 11) is 0. The summed E-state index contributed by atoms with van der Waals surface area (Å²) < 4.78 is 38.9. The Bertz CT molecular complexity index is 763. The second-order valence-corrected chi connectivity index (χ2v) is 7.24. The summed E-state index contributed by atoms with van der Waals surface area (Å²) in [5, 5.41) is 0.808. The molecular formula is C21H25F2NO3S. The lowest BCUT2D eigenvalue weighted by atomic mass is 10.1. The van der Waals surface area contributed by atoms with Crippen molar-refractivity contribution in [3.05, 3.63) is 53.2 Å². The summed E-state index contributed by atoms with van der Waals surface area (Å²) >= 11 is 1.61. The molecule has 0 N–H and O–H groups in total. The van der Waals surface area contributed by atoms with Gasteiger partial charge in [0.25, 0.3) is 0 Å². The van der Waals surface area contributed by atoms with Gasteiger partial charge in [0.2, 0.25) is 0 Å². The first-order valence-corrected chi connectivity index (χ1v) is 10.4. The van der Waals surface area contributed by atoms with Crippen molar-refractivity contribution in [2.24, 2.45) is 0 Å². The lowest BCUT2D eigenvalue weighted by Crippen LogP contribution is -2.06. The number of hydrogen-bond acceptors (Lipinski definition) is 5. The molecule has 0 aliphatic rings. The van der Waals surface area contributed by atoms with E-state index in [-0.39, 0.29) is 26.1 Å². The second kappa shape index (κ2) is 11.6. The molecule has 152 valence electrons.